The third-order valence-corrected chi connectivity index (χ3v) is 5.56. The lowest BCUT2D eigenvalue weighted by Gasteiger charge is -2.19. The molecule has 7 nitrogen and oxygen atoms in total. The highest BCUT2D eigenvalue weighted by Gasteiger charge is 2.33. The van der Waals surface area contributed by atoms with Gasteiger partial charge in [0.05, 0.1) is 32.5 Å². The van der Waals surface area contributed by atoms with Gasteiger partial charge in [0.2, 0.25) is 5.78 Å². The molecule has 1 aliphatic rings. The molecule has 0 unspecified atom stereocenters. The third kappa shape index (κ3) is 4.53. The summed E-state index contributed by atoms with van der Waals surface area (Å²) in [6, 6.07) is 5.06. The first-order valence-electron chi connectivity index (χ1n) is 10.6. The second-order valence-electron chi connectivity index (χ2n) is 7.88. The summed E-state index contributed by atoms with van der Waals surface area (Å²) in [5, 5.41) is 10.6. The molecule has 0 bridgehead atoms. The predicted octanol–water partition coefficient (Wildman–Crippen LogP) is 4.57. The second kappa shape index (κ2) is 9.96. The number of aromatic hydroxyl groups is 1. The van der Waals surface area contributed by atoms with Crippen molar-refractivity contribution in [3.63, 3.8) is 0 Å². The first kappa shape index (κ1) is 23.5. The number of carbonyl (C=O) groups is 1. The van der Waals surface area contributed by atoms with Gasteiger partial charge in [-0.25, -0.2) is 0 Å². The molecule has 1 N–H and O–H groups in total. The Balaban J connectivity index is 2.03. The van der Waals surface area contributed by atoms with Crippen molar-refractivity contribution < 1.29 is 28.8 Å². The molecule has 0 saturated carbocycles. The number of fused-ring (bicyclic) bond motifs is 1. The maximum absolute atomic E-state index is 13.2. The van der Waals surface area contributed by atoms with Crippen molar-refractivity contribution in [3.05, 3.63) is 46.2 Å². The number of unbranched alkanes of at least 4 members (excludes halogenated alkanes) is 1. The zero-order valence-electron chi connectivity index (χ0n) is 19.6. The first-order valence-corrected chi connectivity index (χ1v) is 10.6. The van der Waals surface area contributed by atoms with E-state index in [0.717, 1.165) is 19.4 Å². The number of nitrogens with zero attached hydrogens (tertiary/aromatic N) is 1. The van der Waals surface area contributed by atoms with Crippen molar-refractivity contribution in [3.8, 4) is 28.7 Å². The molecule has 0 atom stereocenters. The molecule has 7 heteroatoms. The molecule has 0 saturated heterocycles. The molecule has 1 heterocycles. The Morgan fingerprint density at radius 1 is 1.06 bits per heavy atom. The molecule has 0 amide bonds. The zero-order valence-corrected chi connectivity index (χ0v) is 19.6. The van der Waals surface area contributed by atoms with Gasteiger partial charge in [0, 0.05) is 18.2 Å². The van der Waals surface area contributed by atoms with E-state index in [1.807, 2.05) is 7.05 Å². The number of phenolic OH excluding ortho intramolecular Hbond substituents is 1. The molecule has 1 aliphatic heterocycles. The minimum absolute atomic E-state index is 0.127. The molecule has 172 valence electrons. The van der Waals surface area contributed by atoms with Crippen LogP contribution in [0.25, 0.3) is 6.08 Å². The summed E-state index contributed by atoms with van der Waals surface area (Å²) in [5.74, 6) is 2.02. The monoisotopic (exact) mass is 441 g/mol. The lowest BCUT2D eigenvalue weighted by Crippen LogP contribution is -2.19. The smallest absolute Gasteiger partial charge is 0.232 e. The van der Waals surface area contributed by atoms with Gasteiger partial charge in [-0.2, -0.15) is 0 Å². The molecule has 2 aromatic rings. The molecular formula is C25H31NO6. The van der Waals surface area contributed by atoms with E-state index in [-0.39, 0.29) is 17.3 Å². The summed E-state index contributed by atoms with van der Waals surface area (Å²) >= 11 is 0. The lowest BCUT2D eigenvalue weighted by molar-refractivity contribution is 0.101. The number of hydrogen-bond donors (Lipinski definition) is 1. The quantitative estimate of drug-likeness (QED) is 0.571. The van der Waals surface area contributed by atoms with Crippen LogP contribution in [0.1, 0.15) is 46.8 Å². The Morgan fingerprint density at radius 3 is 2.34 bits per heavy atom. The van der Waals surface area contributed by atoms with E-state index in [0.29, 0.717) is 51.8 Å². The van der Waals surface area contributed by atoms with Gasteiger partial charge in [0.1, 0.15) is 17.2 Å². The van der Waals surface area contributed by atoms with Crippen LogP contribution in [0.2, 0.25) is 0 Å². The van der Waals surface area contributed by atoms with E-state index >= 15 is 0 Å². The number of methoxy groups -OCH3 is 3. The van der Waals surface area contributed by atoms with E-state index in [4.69, 9.17) is 18.9 Å². The molecule has 0 aliphatic carbocycles. The van der Waals surface area contributed by atoms with Crippen LogP contribution in [0.3, 0.4) is 0 Å². The van der Waals surface area contributed by atoms with Gasteiger partial charge in [-0.1, -0.05) is 13.3 Å². The van der Waals surface area contributed by atoms with Crippen molar-refractivity contribution in [1.29, 1.82) is 0 Å². The van der Waals surface area contributed by atoms with Gasteiger partial charge in [0.15, 0.2) is 17.3 Å². The van der Waals surface area contributed by atoms with Gasteiger partial charge in [-0.15, -0.1) is 0 Å². The number of allylic oxidation sites excluding steroid dienone is 1. The Kier molecular flexibility index (Phi) is 7.30. The maximum Gasteiger partial charge on any atom is 0.232 e. The highest BCUT2D eigenvalue weighted by molar-refractivity contribution is 6.16. The molecule has 3 rings (SSSR count). The average Bonchev–Trinajstić information content (AvgIpc) is 3.11. The zero-order chi connectivity index (χ0) is 23.4. The first-order chi connectivity index (χ1) is 15.3. The summed E-state index contributed by atoms with van der Waals surface area (Å²) < 4.78 is 22.2. The molecular weight excluding hydrogens is 410 g/mol. The minimum Gasteiger partial charge on any atom is -0.507 e. The number of benzene rings is 2. The summed E-state index contributed by atoms with van der Waals surface area (Å²) in [6.45, 7) is 5.30. The highest BCUT2D eigenvalue weighted by Crippen LogP contribution is 2.43. The topological polar surface area (TPSA) is 77.5 Å². The fourth-order valence-corrected chi connectivity index (χ4v) is 3.82. The Morgan fingerprint density at radius 2 is 1.72 bits per heavy atom. The number of ketones is 1. The average molecular weight is 442 g/mol. The number of rotatable bonds is 9. The van der Waals surface area contributed by atoms with Crippen LogP contribution in [0.5, 0.6) is 28.7 Å². The number of ether oxygens (including phenoxy) is 4. The van der Waals surface area contributed by atoms with Crippen LogP contribution in [0.4, 0.5) is 0 Å². The molecule has 0 aromatic heterocycles. The Hall–Kier alpha value is -3.19. The highest BCUT2D eigenvalue weighted by atomic mass is 16.5. The van der Waals surface area contributed by atoms with E-state index in [1.165, 1.54) is 0 Å². The van der Waals surface area contributed by atoms with Gasteiger partial charge >= 0.3 is 0 Å². The number of carbonyl (C=O) groups excluding carboxylic acids is 1. The standard InChI is InChI=1S/C25H31NO6/c1-7-8-9-26(3)14-17-18(27)10-15(2)23-24(28)22(32-25(17)23)12-16-11-20(30-5)21(31-6)13-19(16)29-4/h10-13,27H,7-9,14H2,1-6H3/b22-12-. The number of hydrogen-bond acceptors (Lipinski definition) is 7. The third-order valence-electron chi connectivity index (χ3n) is 5.56. The number of Topliss-reactive ketones (excluding diaryl/α,β-unsaturated/α-hetero) is 1. The van der Waals surface area contributed by atoms with Crippen LogP contribution >= 0.6 is 0 Å². The molecule has 0 fully saturated rings. The van der Waals surface area contributed by atoms with Crippen LogP contribution in [0, 0.1) is 6.92 Å². The fraction of sp³-hybridized carbons (Fsp3) is 0.400. The second-order valence-corrected chi connectivity index (χ2v) is 7.88. The van der Waals surface area contributed by atoms with Gasteiger partial charge < -0.3 is 29.0 Å². The minimum atomic E-state index is -0.230. The Bertz CT molecular complexity index is 1040. The summed E-state index contributed by atoms with van der Waals surface area (Å²) in [4.78, 5) is 15.3. The summed E-state index contributed by atoms with van der Waals surface area (Å²) in [7, 11) is 6.62. The SMILES string of the molecule is CCCCN(C)Cc1c(O)cc(C)c2c1O/C(=C\c1cc(OC)c(OC)cc1OC)C2=O. The fourth-order valence-electron chi connectivity index (χ4n) is 3.82. The number of phenols is 1. The van der Waals surface area contributed by atoms with Crippen molar-refractivity contribution in [2.24, 2.45) is 0 Å². The van der Waals surface area contributed by atoms with Crippen molar-refractivity contribution in [2.45, 2.75) is 33.2 Å². The van der Waals surface area contributed by atoms with Gasteiger partial charge in [-0.05, 0) is 50.7 Å². The van der Waals surface area contributed by atoms with E-state index < -0.39 is 0 Å². The van der Waals surface area contributed by atoms with Crippen LogP contribution in [-0.2, 0) is 6.54 Å². The maximum atomic E-state index is 13.2. The Labute approximate surface area is 189 Å². The molecule has 0 radical (unpaired) electrons. The largest absolute Gasteiger partial charge is 0.507 e. The van der Waals surface area contributed by atoms with E-state index in [9.17, 15) is 9.90 Å². The van der Waals surface area contributed by atoms with Gasteiger partial charge in [0.25, 0.3) is 0 Å². The number of aryl methyl sites for hydroxylation is 1. The van der Waals surface area contributed by atoms with Crippen LogP contribution < -0.4 is 18.9 Å². The van der Waals surface area contributed by atoms with Crippen LogP contribution in [0.15, 0.2) is 24.0 Å². The summed E-state index contributed by atoms with van der Waals surface area (Å²) in [6.07, 6.45) is 3.76. The summed E-state index contributed by atoms with van der Waals surface area (Å²) in [5.41, 5.74) is 2.38. The van der Waals surface area contributed by atoms with Crippen molar-refractivity contribution in [2.75, 3.05) is 34.9 Å². The predicted molar refractivity (Wildman–Crippen MR) is 123 cm³/mol. The molecule has 0 spiro atoms. The van der Waals surface area contributed by atoms with Crippen molar-refractivity contribution >= 4 is 11.9 Å². The van der Waals surface area contributed by atoms with E-state index in [2.05, 4.69) is 11.8 Å². The molecule has 32 heavy (non-hydrogen) atoms. The van der Waals surface area contributed by atoms with Crippen molar-refractivity contribution in [1.82, 2.24) is 4.90 Å². The van der Waals surface area contributed by atoms with Crippen LogP contribution in [-0.4, -0.2) is 50.7 Å². The lowest BCUT2D eigenvalue weighted by atomic mass is 9.99. The normalized spacial score (nSPS) is 14.0. The molecule has 2 aromatic carbocycles. The van der Waals surface area contributed by atoms with Gasteiger partial charge in [-0.3, -0.25) is 4.79 Å². The van der Waals surface area contributed by atoms with E-state index in [1.54, 1.807) is 52.5 Å².